The van der Waals surface area contributed by atoms with Gasteiger partial charge in [0.25, 0.3) is 0 Å². The molecular weight excluding hydrogens is 300 g/mol. The fraction of sp³-hybridized carbons (Fsp3) is 0.750. The van der Waals surface area contributed by atoms with Gasteiger partial charge in [-0.25, -0.2) is 13.1 Å². The Kier molecular flexibility index (Phi) is 5.60. The average molecular weight is 323 g/mol. The van der Waals surface area contributed by atoms with Crippen molar-refractivity contribution in [1.29, 1.82) is 0 Å². The van der Waals surface area contributed by atoms with E-state index in [4.69, 9.17) is 0 Å². The van der Waals surface area contributed by atoms with Crippen molar-refractivity contribution < 1.29 is 8.42 Å². The average Bonchev–Trinajstić information content (AvgIpc) is 2.52. The second kappa shape index (κ2) is 6.43. The summed E-state index contributed by atoms with van der Waals surface area (Å²) in [4.78, 5) is 0.321. The second-order valence-corrected chi connectivity index (χ2v) is 6.97. The van der Waals surface area contributed by atoms with Gasteiger partial charge in [-0.1, -0.05) is 0 Å². The van der Waals surface area contributed by atoms with Crippen molar-refractivity contribution in [2.45, 2.75) is 50.6 Å². The van der Waals surface area contributed by atoms with Crippen molar-refractivity contribution >= 4 is 22.4 Å². The molecule has 2 heterocycles. The minimum Gasteiger partial charge on any atom is -0.314 e. The molecule has 0 aliphatic carbocycles. The van der Waals surface area contributed by atoms with Gasteiger partial charge >= 0.3 is 0 Å². The first-order chi connectivity index (χ1) is 8.81. The van der Waals surface area contributed by atoms with Gasteiger partial charge < -0.3 is 5.32 Å². The minimum absolute atomic E-state index is 0. The minimum atomic E-state index is -3.48. The first-order valence-electron chi connectivity index (χ1n) is 6.57. The molecule has 2 N–H and O–H groups in total. The van der Waals surface area contributed by atoms with E-state index in [1.54, 1.807) is 25.6 Å². The van der Waals surface area contributed by atoms with Crippen LogP contribution in [-0.2, 0) is 17.1 Å². The number of nitrogens with zero attached hydrogens (tertiary/aromatic N) is 2. The zero-order valence-corrected chi connectivity index (χ0v) is 13.9. The normalized spacial score (nSPS) is 23.4. The summed E-state index contributed by atoms with van der Waals surface area (Å²) in [6.07, 6.45) is 1.64. The van der Waals surface area contributed by atoms with Gasteiger partial charge in [-0.15, -0.1) is 12.4 Å². The van der Waals surface area contributed by atoms with Gasteiger partial charge in [0, 0.05) is 19.1 Å². The molecule has 2 unspecified atom stereocenters. The maximum Gasteiger partial charge on any atom is 0.244 e. The van der Waals surface area contributed by atoms with E-state index in [-0.39, 0.29) is 18.4 Å². The fourth-order valence-electron chi connectivity index (χ4n) is 2.66. The predicted octanol–water partition coefficient (Wildman–Crippen LogP) is 0.878. The quantitative estimate of drug-likeness (QED) is 0.866. The first-order valence-corrected chi connectivity index (χ1v) is 8.05. The van der Waals surface area contributed by atoms with E-state index in [0.717, 1.165) is 19.4 Å². The van der Waals surface area contributed by atoms with Gasteiger partial charge in [0.05, 0.1) is 11.4 Å². The summed E-state index contributed by atoms with van der Waals surface area (Å²) in [7, 11) is -1.73. The molecule has 6 nitrogen and oxygen atoms in total. The van der Waals surface area contributed by atoms with Gasteiger partial charge in [0.15, 0.2) is 0 Å². The van der Waals surface area contributed by atoms with Crippen LogP contribution in [0.5, 0.6) is 0 Å². The van der Waals surface area contributed by atoms with Crippen LogP contribution >= 0.6 is 12.4 Å². The van der Waals surface area contributed by atoms with Crippen molar-refractivity contribution in [2.24, 2.45) is 7.05 Å². The third-order valence-corrected chi connectivity index (χ3v) is 5.43. The zero-order chi connectivity index (χ0) is 14.2. The Morgan fingerprint density at radius 1 is 1.40 bits per heavy atom. The zero-order valence-electron chi connectivity index (χ0n) is 12.3. The van der Waals surface area contributed by atoms with Crippen molar-refractivity contribution in [3.8, 4) is 0 Å². The Balaban J connectivity index is 0.00000200. The van der Waals surface area contributed by atoms with Gasteiger partial charge in [-0.2, -0.15) is 5.10 Å². The molecule has 0 aromatic carbocycles. The SMILES string of the molecule is Cc1nn(C)c(C)c1S(=O)(=O)NC1CCNC(C)C1.Cl. The number of aromatic nitrogens is 2. The van der Waals surface area contributed by atoms with Crippen molar-refractivity contribution in [3.63, 3.8) is 0 Å². The van der Waals surface area contributed by atoms with E-state index < -0.39 is 10.0 Å². The Bertz CT molecular complexity index is 570. The lowest BCUT2D eigenvalue weighted by Gasteiger charge is -2.28. The van der Waals surface area contributed by atoms with Crippen LogP contribution in [0.4, 0.5) is 0 Å². The maximum absolute atomic E-state index is 12.5. The Morgan fingerprint density at radius 2 is 2.05 bits per heavy atom. The highest BCUT2D eigenvalue weighted by molar-refractivity contribution is 7.89. The smallest absolute Gasteiger partial charge is 0.244 e. The van der Waals surface area contributed by atoms with Crippen LogP contribution in [0.2, 0.25) is 0 Å². The number of rotatable bonds is 3. The molecule has 1 aromatic rings. The molecule has 1 fully saturated rings. The number of hydrogen-bond donors (Lipinski definition) is 2. The van der Waals surface area contributed by atoms with Gasteiger partial charge in [-0.3, -0.25) is 4.68 Å². The number of sulfonamides is 1. The van der Waals surface area contributed by atoms with Crippen LogP contribution in [-0.4, -0.2) is 36.8 Å². The van der Waals surface area contributed by atoms with Crippen molar-refractivity contribution in [1.82, 2.24) is 19.8 Å². The molecule has 2 rings (SSSR count). The number of piperidine rings is 1. The van der Waals surface area contributed by atoms with Crippen molar-refractivity contribution in [2.75, 3.05) is 6.54 Å². The Hall–Kier alpha value is -0.630. The third kappa shape index (κ3) is 3.52. The van der Waals surface area contributed by atoms with Crippen LogP contribution in [0.1, 0.15) is 31.2 Å². The van der Waals surface area contributed by atoms with Gasteiger partial charge in [0.2, 0.25) is 10.0 Å². The predicted molar refractivity (Wildman–Crippen MR) is 80.7 cm³/mol. The third-order valence-electron chi connectivity index (χ3n) is 3.66. The second-order valence-electron chi connectivity index (χ2n) is 5.32. The lowest BCUT2D eigenvalue weighted by Crippen LogP contribution is -2.46. The summed E-state index contributed by atoms with van der Waals surface area (Å²) in [5.74, 6) is 0. The van der Waals surface area contributed by atoms with Crippen LogP contribution in [0.15, 0.2) is 4.90 Å². The lowest BCUT2D eigenvalue weighted by atomic mass is 10.0. The van der Waals surface area contributed by atoms with E-state index in [0.29, 0.717) is 22.3 Å². The van der Waals surface area contributed by atoms with Crippen LogP contribution in [0, 0.1) is 13.8 Å². The summed E-state index contributed by atoms with van der Waals surface area (Å²) < 4.78 is 29.4. The number of aryl methyl sites for hydroxylation is 2. The molecule has 1 aliphatic heterocycles. The van der Waals surface area contributed by atoms with Gasteiger partial charge in [-0.05, 0) is 40.2 Å². The highest BCUT2D eigenvalue weighted by Crippen LogP contribution is 2.20. The molecule has 1 aliphatic rings. The molecule has 20 heavy (non-hydrogen) atoms. The van der Waals surface area contributed by atoms with Crippen LogP contribution in [0.3, 0.4) is 0 Å². The van der Waals surface area contributed by atoms with Gasteiger partial charge in [0.1, 0.15) is 4.90 Å². The van der Waals surface area contributed by atoms with E-state index in [1.165, 1.54) is 0 Å². The molecule has 0 saturated carbocycles. The molecule has 0 bridgehead atoms. The van der Waals surface area contributed by atoms with E-state index in [2.05, 4.69) is 22.1 Å². The summed E-state index contributed by atoms with van der Waals surface area (Å²) in [5, 5.41) is 7.48. The standard InChI is InChI=1S/C12H22N4O2S.ClH/c1-8-7-11(5-6-13-8)15-19(17,18)12-9(2)14-16(4)10(12)3;/h8,11,13,15H,5-7H2,1-4H3;1H. The molecule has 8 heteroatoms. The van der Waals surface area contributed by atoms with E-state index >= 15 is 0 Å². The van der Waals surface area contributed by atoms with Crippen LogP contribution in [0.25, 0.3) is 0 Å². The molecule has 0 radical (unpaired) electrons. The summed E-state index contributed by atoms with van der Waals surface area (Å²) >= 11 is 0. The lowest BCUT2D eigenvalue weighted by molar-refractivity contribution is 0.361. The first kappa shape index (κ1) is 17.4. The largest absolute Gasteiger partial charge is 0.314 e. The molecule has 1 aromatic heterocycles. The van der Waals surface area contributed by atoms with Crippen LogP contribution < -0.4 is 10.0 Å². The summed E-state index contributed by atoms with van der Waals surface area (Å²) in [6, 6.07) is 0.345. The molecule has 1 saturated heterocycles. The highest BCUT2D eigenvalue weighted by Gasteiger charge is 2.28. The maximum atomic E-state index is 12.5. The number of nitrogens with one attached hydrogen (secondary N) is 2. The summed E-state index contributed by atoms with van der Waals surface area (Å²) in [5.41, 5.74) is 1.22. The molecule has 0 amide bonds. The molecule has 0 spiro atoms. The topological polar surface area (TPSA) is 76.0 Å². The summed E-state index contributed by atoms with van der Waals surface area (Å²) in [6.45, 7) is 6.42. The monoisotopic (exact) mass is 322 g/mol. The number of halogens is 1. The van der Waals surface area contributed by atoms with Crippen molar-refractivity contribution in [3.05, 3.63) is 11.4 Å². The fourth-order valence-corrected chi connectivity index (χ4v) is 4.38. The van der Waals surface area contributed by atoms with E-state index in [9.17, 15) is 8.42 Å². The Labute approximate surface area is 126 Å². The Morgan fingerprint density at radius 3 is 2.55 bits per heavy atom. The molecular formula is C12H23ClN4O2S. The highest BCUT2D eigenvalue weighted by atomic mass is 35.5. The number of hydrogen-bond acceptors (Lipinski definition) is 4. The molecule has 2 atom stereocenters. The van der Waals surface area contributed by atoms with E-state index in [1.807, 2.05) is 0 Å². The molecule has 116 valence electrons.